The fourth-order valence-electron chi connectivity index (χ4n) is 9.27. The number of carbonyl (C=O) groups excluding carboxylic acids is 2. The Kier molecular flexibility index (Phi) is 9.19. The van der Waals surface area contributed by atoms with Crippen molar-refractivity contribution in [3.8, 4) is 5.75 Å². The zero-order valence-corrected chi connectivity index (χ0v) is 27.9. The summed E-state index contributed by atoms with van der Waals surface area (Å²) in [6.45, 7) is 1.70. The average molecular weight is 636 g/mol. The molecule has 1 unspecified atom stereocenters. The lowest BCUT2D eigenvalue weighted by molar-refractivity contribution is -0.140. The Balaban J connectivity index is 1.24. The van der Waals surface area contributed by atoms with Crippen LogP contribution >= 0.6 is 0 Å². The van der Waals surface area contributed by atoms with Gasteiger partial charge in [-0.05, 0) is 116 Å². The van der Waals surface area contributed by atoms with Crippen LogP contribution in [0.1, 0.15) is 88.7 Å². The Bertz CT molecular complexity index is 1430. The first-order valence-electron chi connectivity index (χ1n) is 16.9. The Morgan fingerprint density at radius 3 is 2.02 bits per heavy atom. The van der Waals surface area contributed by atoms with Crippen LogP contribution in [0.5, 0.6) is 5.75 Å². The van der Waals surface area contributed by atoms with Crippen LogP contribution in [0, 0.1) is 17.8 Å². The Labute approximate surface area is 268 Å². The van der Waals surface area contributed by atoms with Gasteiger partial charge in [0, 0.05) is 12.6 Å². The molecule has 9 heteroatoms. The van der Waals surface area contributed by atoms with Crippen LogP contribution in [0.25, 0.3) is 0 Å². The van der Waals surface area contributed by atoms with E-state index in [1.54, 1.807) is 12.0 Å². The number of hydrogen-bond acceptors (Lipinski definition) is 5. The molecular formula is C36H49N3O5S. The lowest BCUT2D eigenvalue weighted by Crippen LogP contribution is -2.53. The van der Waals surface area contributed by atoms with Gasteiger partial charge in [-0.15, -0.1) is 0 Å². The number of amides is 2. The standard InChI is InChI=1S/C36H49N3O5S/c1-4-33(35(41)37-30-7-5-6-8-30)38(23-25-9-15-32(44-2)16-10-25)34(40)24-39(45(3,42)43)31-13-11-29(12-14-31)36-20-26-17-27(21-36)19-28(18-26)22-36/h9-16,26-28,30,33H,4-8,17-24H2,1-3H3,(H,37,41). The molecule has 8 nitrogen and oxygen atoms in total. The predicted octanol–water partition coefficient (Wildman–Crippen LogP) is 5.80. The smallest absolute Gasteiger partial charge is 0.244 e. The molecule has 244 valence electrons. The van der Waals surface area contributed by atoms with Gasteiger partial charge in [-0.25, -0.2) is 8.42 Å². The fourth-order valence-corrected chi connectivity index (χ4v) is 10.1. The third-order valence-electron chi connectivity index (χ3n) is 11.1. The summed E-state index contributed by atoms with van der Waals surface area (Å²) >= 11 is 0. The van der Waals surface area contributed by atoms with Gasteiger partial charge < -0.3 is 15.0 Å². The van der Waals surface area contributed by atoms with Crippen molar-refractivity contribution in [2.24, 2.45) is 17.8 Å². The molecule has 0 spiro atoms. The molecule has 4 bridgehead atoms. The van der Waals surface area contributed by atoms with Crippen molar-refractivity contribution in [2.75, 3.05) is 24.2 Å². The van der Waals surface area contributed by atoms with Crippen LogP contribution < -0.4 is 14.4 Å². The summed E-state index contributed by atoms with van der Waals surface area (Å²) in [6.07, 6.45) is 13.4. The minimum Gasteiger partial charge on any atom is -0.497 e. The van der Waals surface area contributed by atoms with Gasteiger partial charge in [0.05, 0.1) is 19.1 Å². The van der Waals surface area contributed by atoms with Crippen molar-refractivity contribution >= 4 is 27.5 Å². The highest BCUT2D eigenvalue weighted by molar-refractivity contribution is 7.92. The van der Waals surface area contributed by atoms with Gasteiger partial charge in [0.2, 0.25) is 21.8 Å². The average Bonchev–Trinajstić information content (AvgIpc) is 3.52. The number of nitrogens with one attached hydrogen (secondary N) is 1. The highest BCUT2D eigenvalue weighted by Gasteiger charge is 2.51. The number of ether oxygens (including phenoxy) is 1. The van der Waals surface area contributed by atoms with Gasteiger partial charge >= 0.3 is 0 Å². The highest BCUT2D eigenvalue weighted by atomic mass is 32.2. The zero-order chi connectivity index (χ0) is 31.8. The van der Waals surface area contributed by atoms with Crippen LogP contribution in [0.3, 0.4) is 0 Å². The molecule has 5 fully saturated rings. The van der Waals surface area contributed by atoms with E-state index in [0.717, 1.165) is 55.3 Å². The molecule has 1 N–H and O–H groups in total. The van der Waals surface area contributed by atoms with Crippen molar-refractivity contribution in [3.63, 3.8) is 0 Å². The maximum atomic E-state index is 14.2. The fraction of sp³-hybridized carbons (Fsp3) is 0.611. The second kappa shape index (κ2) is 13.0. The maximum absolute atomic E-state index is 14.2. The molecule has 5 aliphatic rings. The lowest BCUT2D eigenvalue weighted by atomic mass is 9.48. The molecular weight excluding hydrogens is 586 g/mol. The number of benzene rings is 2. The molecule has 5 saturated carbocycles. The number of sulfonamides is 1. The van der Waals surface area contributed by atoms with Crippen LogP contribution in [-0.2, 0) is 31.6 Å². The van der Waals surface area contributed by atoms with Gasteiger partial charge in [-0.1, -0.05) is 44.0 Å². The first-order chi connectivity index (χ1) is 21.6. The maximum Gasteiger partial charge on any atom is 0.244 e. The third-order valence-corrected chi connectivity index (χ3v) is 12.2. The highest BCUT2D eigenvalue weighted by Crippen LogP contribution is 2.60. The number of rotatable bonds is 12. The molecule has 0 heterocycles. The largest absolute Gasteiger partial charge is 0.497 e. The molecule has 1 atom stereocenters. The Morgan fingerprint density at radius 1 is 0.933 bits per heavy atom. The first-order valence-corrected chi connectivity index (χ1v) is 18.7. The second-order valence-corrected chi connectivity index (χ2v) is 16.2. The molecule has 5 aliphatic carbocycles. The number of nitrogens with zero attached hydrogens (tertiary/aromatic N) is 2. The minimum atomic E-state index is -3.79. The van der Waals surface area contributed by atoms with Crippen molar-refractivity contribution in [1.82, 2.24) is 10.2 Å². The SMILES string of the molecule is CCC(C(=O)NC1CCCC1)N(Cc1ccc(OC)cc1)C(=O)CN(c1ccc(C23CC4CC(CC(C4)C2)C3)cc1)S(C)(=O)=O. The molecule has 2 aromatic rings. The molecule has 7 rings (SSSR count). The van der Waals surface area contributed by atoms with Gasteiger partial charge in [0.25, 0.3) is 0 Å². The molecule has 0 aliphatic heterocycles. The van der Waals surface area contributed by atoms with E-state index in [2.05, 4.69) is 17.4 Å². The summed E-state index contributed by atoms with van der Waals surface area (Å²) in [5.41, 5.74) is 2.82. The Hall–Kier alpha value is -3.07. The number of hydrogen-bond donors (Lipinski definition) is 1. The molecule has 2 aromatic carbocycles. The van der Waals surface area contributed by atoms with Crippen LogP contribution in [-0.4, -0.2) is 57.1 Å². The first kappa shape index (κ1) is 31.9. The van der Waals surface area contributed by atoms with E-state index in [1.165, 1.54) is 48.4 Å². The van der Waals surface area contributed by atoms with Gasteiger partial charge in [0.1, 0.15) is 18.3 Å². The van der Waals surface area contributed by atoms with Gasteiger partial charge in [0.15, 0.2) is 0 Å². The van der Waals surface area contributed by atoms with Crippen LogP contribution in [0.4, 0.5) is 5.69 Å². The predicted molar refractivity (Wildman–Crippen MR) is 177 cm³/mol. The van der Waals surface area contributed by atoms with E-state index in [4.69, 9.17) is 4.74 Å². The molecule has 0 aromatic heterocycles. The molecule has 0 saturated heterocycles. The van der Waals surface area contributed by atoms with E-state index in [0.29, 0.717) is 17.9 Å². The van der Waals surface area contributed by atoms with Crippen LogP contribution in [0.15, 0.2) is 48.5 Å². The van der Waals surface area contributed by atoms with Crippen molar-refractivity contribution in [3.05, 3.63) is 59.7 Å². The zero-order valence-electron chi connectivity index (χ0n) is 27.0. The van der Waals surface area contributed by atoms with E-state index >= 15 is 0 Å². The van der Waals surface area contributed by atoms with Gasteiger partial charge in [-0.2, -0.15) is 0 Å². The lowest BCUT2D eigenvalue weighted by Gasteiger charge is -2.57. The molecule has 2 amide bonds. The van der Waals surface area contributed by atoms with Crippen molar-refractivity contribution in [1.29, 1.82) is 0 Å². The minimum absolute atomic E-state index is 0.115. The monoisotopic (exact) mass is 635 g/mol. The summed E-state index contributed by atoms with van der Waals surface area (Å²) in [5, 5.41) is 3.16. The summed E-state index contributed by atoms with van der Waals surface area (Å²) in [7, 11) is -2.19. The summed E-state index contributed by atoms with van der Waals surface area (Å²) in [5.74, 6) is 2.55. The number of anilines is 1. The summed E-state index contributed by atoms with van der Waals surface area (Å²) in [4.78, 5) is 29.3. The third kappa shape index (κ3) is 6.88. The molecule has 45 heavy (non-hydrogen) atoms. The van der Waals surface area contributed by atoms with Crippen molar-refractivity contribution < 1.29 is 22.7 Å². The summed E-state index contributed by atoms with van der Waals surface area (Å²) < 4.78 is 32.9. The van der Waals surface area contributed by atoms with E-state index in [9.17, 15) is 18.0 Å². The van der Waals surface area contributed by atoms with Crippen LogP contribution in [0.2, 0.25) is 0 Å². The normalized spacial score (nSPS) is 26.4. The van der Waals surface area contributed by atoms with Gasteiger partial charge in [-0.3, -0.25) is 13.9 Å². The van der Waals surface area contributed by atoms with Crippen molar-refractivity contribution in [2.45, 2.75) is 102 Å². The van der Waals surface area contributed by atoms with E-state index in [-0.39, 0.29) is 30.5 Å². The Morgan fingerprint density at radius 2 is 1.51 bits per heavy atom. The number of methoxy groups -OCH3 is 1. The molecule has 0 radical (unpaired) electrons. The topological polar surface area (TPSA) is 96.0 Å². The number of carbonyl (C=O) groups is 2. The van der Waals surface area contributed by atoms with E-state index in [1.807, 2.05) is 43.3 Å². The van der Waals surface area contributed by atoms with E-state index < -0.39 is 22.0 Å². The second-order valence-electron chi connectivity index (χ2n) is 14.3. The summed E-state index contributed by atoms with van der Waals surface area (Å²) in [6, 6.07) is 14.7. The quantitative estimate of drug-likeness (QED) is 0.318.